The third-order valence-corrected chi connectivity index (χ3v) is 6.72. The molecule has 12 heteroatoms. The summed E-state index contributed by atoms with van der Waals surface area (Å²) >= 11 is 6.14. The minimum atomic E-state index is -4.98. The van der Waals surface area contributed by atoms with Gasteiger partial charge in [-0.1, -0.05) is 29.8 Å². The first kappa shape index (κ1) is 23.6. The van der Waals surface area contributed by atoms with Gasteiger partial charge in [0.15, 0.2) is 0 Å². The monoisotopic (exact) mass is 509 g/mol. The van der Waals surface area contributed by atoms with E-state index < -0.39 is 32.9 Å². The van der Waals surface area contributed by atoms with Crippen molar-refractivity contribution in [3.8, 4) is 5.75 Å². The van der Waals surface area contributed by atoms with E-state index in [9.17, 15) is 26.4 Å². The molecule has 1 N–H and O–H groups in total. The second kappa shape index (κ2) is 8.65. The molecule has 0 radical (unpaired) electrons. The summed E-state index contributed by atoms with van der Waals surface area (Å²) in [5.41, 5.74) is 1.30. The van der Waals surface area contributed by atoms with E-state index in [-0.39, 0.29) is 21.8 Å². The first-order valence-electron chi connectivity index (χ1n) is 9.61. The van der Waals surface area contributed by atoms with Crippen LogP contribution in [0.2, 0.25) is 5.02 Å². The van der Waals surface area contributed by atoms with Crippen molar-refractivity contribution in [3.63, 3.8) is 0 Å². The number of rotatable bonds is 5. The Labute approximate surface area is 196 Å². The number of nitrogens with zero attached hydrogens (tertiary/aromatic N) is 2. The van der Waals surface area contributed by atoms with E-state index in [4.69, 9.17) is 11.6 Å². The van der Waals surface area contributed by atoms with Crippen LogP contribution in [0.4, 0.5) is 18.9 Å². The largest absolute Gasteiger partial charge is 0.573 e. The number of amides is 1. The van der Waals surface area contributed by atoms with E-state index in [2.05, 4.69) is 15.2 Å². The Morgan fingerprint density at radius 3 is 2.53 bits per heavy atom. The highest BCUT2D eigenvalue weighted by molar-refractivity contribution is 7.90. The lowest BCUT2D eigenvalue weighted by atomic mass is 10.1. The summed E-state index contributed by atoms with van der Waals surface area (Å²) in [4.78, 5) is 12.3. The molecule has 0 aliphatic carbocycles. The highest BCUT2D eigenvalue weighted by Crippen LogP contribution is 2.28. The van der Waals surface area contributed by atoms with Crippen LogP contribution in [0.5, 0.6) is 5.75 Å². The third kappa shape index (κ3) is 4.70. The van der Waals surface area contributed by atoms with Gasteiger partial charge in [-0.05, 0) is 48.9 Å². The first-order valence-corrected chi connectivity index (χ1v) is 11.4. The van der Waals surface area contributed by atoms with Crippen LogP contribution in [0.15, 0.2) is 71.8 Å². The Hall–Kier alpha value is -3.57. The number of aromatic nitrogens is 2. The van der Waals surface area contributed by atoms with Crippen LogP contribution < -0.4 is 10.1 Å². The van der Waals surface area contributed by atoms with Gasteiger partial charge in [-0.3, -0.25) is 4.79 Å². The maximum absolute atomic E-state index is 13.1. The average Bonchev–Trinajstić information content (AvgIpc) is 3.16. The lowest BCUT2D eigenvalue weighted by Crippen LogP contribution is -2.18. The van der Waals surface area contributed by atoms with E-state index >= 15 is 0 Å². The van der Waals surface area contributed by atoms with E-state index in [1.54, 1.807) is 37.3 Å². The van der Waals surface area contributed by atoms with Gasteiger partial charge in [0.2, 0.25) is 0 Å². The van der Waals surface area contributed by atoms with Crippen LogP contribution in [-0.2, 0) is 10.0 Å². The number of benzene rings is 3. The number of carbonyl (C=O) groups is 1. The molecule has 1 aromatic heterocycles. The average molecular weight is 510 g/mol. The van der Waals surface area contributed by atoms with E-state index in [1.807, 2.05) is 0 Å². The van der Waals surface area contributed by atoms with Crippen molar-refractivity contribution in [1.82, 2.24) is 9.19 Å². The molecule has 4 rings (SSSR count). The van der Waals surface area contributed by atoms with E-state index in [0.717, 1.165) is 24.3 Å². The molecule has 0 saturated carbocycles. The van der Waals surface area contributed by atoms with E-state index in [0.29, 0.717) is 15.0 Å². The zero-order chi connectivity index (χ0) is 24.7. The summed E-state index contributed by atoms with van der Waals surface area (Å²) in [5, 5.41) is 7.24. The zero-order valence-electron chi connectivity index (χ0n) is 17.3. The van der Waals surface area contributed by atoms with Gasteiger partial charge in [0, 0.05) is 17.1 Å². The summed E-state index contributed by atoms with van der Waals surface area (Å²) in [7, 11) is -4.39. The fourth-order valence-corrected chi connectivity index (χ4v) is 4.92. The van der Waals surface area contributed by atoms with Crippen molar-refractivity contribution in [1.29, 1.82) is 0 Å². The predicted octanol–water partition coefficient (Wildman–Crippen LogP) is 5.39. The van der Waals surface area contributed by atoms with Gasteiger partial charge in [0.1, 0.15) is 5.75 Å². The van der Waals surface area contributed by atoms with Crippen molar-refractivity contribution in [3.05, 3.63) is 83.0 Å². The lowest BCUT2D eigenvalue weighted by Gasteiger charge is -2.12. The molecule has 0 fully saturated rings. The molecule has 1 amide bonds. The predicted molar refractivity (Wildman–Crippen MR) is 120 cm³/mol. The van der Waals surface area contributed by atoms with Crippen molar-refractivity contribution in [2.45, 2.75) is 18.2 Å². The fraction of sp³-hybridized carbons (Fsp3) is 0.0909. The van der Waals surface area contributed by atoms with Gasteiger partial charge < -0.3 is 10.1 Å². The standard InChI is InChI=1S/C22H15ClF3N3O4S/c1-13-4-2-7-18(23)20(13)21(30)28-15-9-8-14-12-27-29(19(14)10-15)34(31,32)17-6-3-5-16(11-17)33-22(24,25)26/h2-12H,1H3,(H,28,30). The molecule has 3 aromatic carbocycles. The number of nitrogens with one attached hydrogen (secondary N) is 1. The quantitative estimate of drug-likeness (QED) is 0.390. The number of fused-ring (bicyclic) bond motifs is 1. The minimum Gasteiger partial charge on any atom is -0.406 e. The topological polar surface area (TPSA) is 90.3 Å². The summed E-state index contributed by atoms with van der Waals surface area (Å²) < 4.78 is 68.4. The molecule has 34 heavy (non-hydrogen) atoms. The van der Waals surface area contributed by atoms with E-state index in [1.165, 1.54) is 12.3 Å². The van der Waals surface area contributed by atoms with Crippen molar-refractivity contribution in [2.75, 3.05) is 5.32 Å². The number of aryl methyl sites for hydroxylation is 1. The molecule has 0 aliphatic heterocycles. The number of anilines is 1. The lowest BCUT2D eigenvalue weighted by molar-refractivity contribution is -0.274. The Morgan fingerprint density at radius 2 is 1.82 bits per heavy atom. The number of ether oxygens (including phenoxy) is 1. The molecule has 4 aromatic rings. The smallest absolute Gasteiger partial charge is 0.406 e. The molecule has 7 nitrogen and oxygen atoms in total. The van der Waals surface area contributed by atoms with Crippen molar-refractivity contribution < 1.29 is 31.1 Å². The van der Waals surface area contributed by atoms with Gasteiger partial charge in [-0.2, -0.15) is 17.6 Å². The number of carbonyl (C=O) groups excluding carboxylic acids is 1. The number of halogens is 4. The molecule has 0 saturated heterocycles. The SMILES string of the molecule is Cc1cccc(Cl)c1C(=O)Nc1ccc2cnn(S(=O)(=O)c3cccc(OC(F)(F)F)c3)c2c1. The summed E-state index contributed by atoms with van der Waals surface area (Å²) in [6, 6.07) is 13.5. The molecule has 0 spiro atoms. The Kier molecular flexibility index (Phi) is 6.00. The van der Waals surface area contributed by atoms with Gasteiger partial charge in [0.25, 0.3) is 15.9 Å². The number of hydrogen-bond acceptors (Lipinski definition) is 5. The first-order chi connectivity index (χ1) is 16.0. The Bertz CT molecular complexity index is 1500. The molecule has 0 unspecified atom stereocenters. The number of hydrogen-bond donors (Lipinski definition) is 1. The normalized spacial score (nSPS) is 12.0. The summed E-state index contributed by atoms with van der Waals surface area (Å²) in [5.74, 6) is -1.18. The zero-order valence-corrected chi connectivity index (χ0v) is 18.9. The molecular formula is C22H15ClF3N3O4S. The van der Waals surface area contributed by atoms with Gasteiger partial charge in [0.05, 0.1) is 27.2 Å². The Balaban J connectivity index is 1.70. The van der Waals surface area contributed by atoms with Crippen molar-refractivity contribution >= 4 is 44.1 Å². The second-order valence-corrected chi connectivity index (χ2v) is 9.35. The summed E-state index contributed by atoms with van der Waals surface area (Å²) in [6.07, 6.45) is -3.69. The number of alkyl halides is 3. The van der Waals surface area contributed by atoms with Crippen LogP contribution in [0.25, 0.3) is 10.9 Å². The molecule has 0 bridgehead atoms. The highest BCUT2D eigenvalue weighted by atomic mass is 35.5. The van der Waals surface area contributed by atoms with Crippen LogP contribution in [0, 0.1) is 6.92 Å². The molecule has 1 heterocycles. The summed E-state index contributed by atoms with van der Waals surface area (Å²) in [6.45, 7) is 1.72. The third-order valence-electron chi connectivity index (χ3n) is 4.81. The maximum Gasteiger partial charge on any atom is 0.573 e. The van der Waals surface area contributed by atoms with Crippen LogP contribution in [0.3, 0.4) is 0 Å². The van der Waals surface area contributed by atoms with Gasteiger partial charge in [-0.15, -0.1) is 13.2 Å². The Morgan fingerprint density at radius 1 is 1.09 bits per heavy atom. The van der Waals surface area contributed by atoms with Crippen LogP contribution in [0.1, 0.15) is 15.9 Å². The van der Waals surface area contributed by atoms with Crippen LogP contribution >= 0.6 is 11.6 Å². The minimum absolute atomic E-state index is 0.107. The maximum atomic E-state index is 13.1. The second-order valence-electron chi connectivity index (χ2n) is 7.17. The fourth-order valence-electron chi connectivity index (χ4n) is 3.31. The van der Waals surface area contributed by atoms with Crippen molar-refractivity contribution in [2.24, 2.45) is 0 Å². The van der Waals surface area contributed by atoms with Crippen LogP contribution in [-0.4, -0.2) is 29.9 Å². The molecule has 0 atom stereocenters. The van der Waals surface area contributed by atoms with Gasteiger partial charge >= 0.3 is 6.36 Å². The van der Waals surface area contributed by atoms with Gasteiger partial charge in [-0.25, -0.2) is 0 Å². The molecular weight excluding hydrogens is 495 g/mol. The highest BCUT2D eigenvalue weighted by Gasteiger charge is 2.32. The molecule has 176 valence electrons. The molecule has 0 aliphatic rings.